The number of hydrogen-bond acceptors (Lipinski definition) is 1. The fourth-order valence-electron chi connectivity index (χ4n) is 1.03. The maximum Gasteiger partial charge on any atom is 0.416 e. The first kappa shape index (κ1) is 11.4. The van der Waals surface area contributed by atoms with Crippen LogP contribution in [0.25, 0.3) is 0 Å². The maximum atomic E-state index is 12.3. The van der Waals surface area contributed by atoms with E-state index in [4.69, 9.17) is 0 Å². The summed E-state index contributed by atoms with van der Waals surface area (Å²) in [6, 6.07) is 3.53. The molecule has 0 aliphatic carbocycles. The number of hydrogen-bond donors (Lipinski definition) is 1. The Bertz CT molecular complexity index is 322. The van der Waals surface area contributed by atoms with Gasteiger partial charge < -0.3 is 5.32 Å². The van der Waals surface area contributed by atoms with Crippen LogP contribution in [-0.2, 0) is 6.18 Å². The molecule has 1 N–H and O–H groups in total. The zero-order chi connectivity index (χ0) is 10.8. The highest BCUT2D eigenvalue weighted by Gasteiger charge is 2.30. The lowest BCUT2D eigenvalue weighted by atomic mass is 10.2. The monoisotopic (exact) mass is 267 g/mol. The van der Waals surface area contributed by atoms with E-state index in [-0.39, 0.29) is 0 Å². The van der Waals surface area contributed by atoms with Gasteiger partial charge in [0, 0.05) is 16.7 Å². The Labute approximate surface area is 88.4 Å². The third-order valence-electron chi connectivity index (χ3n) is 1.66. The van der Waals surface area contributed by atoms with Crippen molar-refractivity contribution < 1.29 is 13.2 Å². The predicted molar refractivity (Wildman–Crippen MR) is 53.3 cm³/mol. The summed E-state index contributed by atoms with van der Waals surface area (Å²) in [7, 11) is 0. The first-order valence-corrected chi connectivity index (χ1v) is 4.85. The summed E-state index contributed by atoms with van der Waals surface area (Å²) in [6.45, 7) is 2.41. The van der Waals surface area contributed by atoms with Gasteiger partial charge in [0.25, 0.3) is 0 Å². The van der Waals surface area contributed by atoms with Gasteiger partial charge in [-0.1, -0.05) is 0 Å². The minimum Gasteiger partial charge on any atom is -0.384 e. The van der Waals surface area contributed by atoms with E-state index in [0.29, 0.717) is 16.7 Å². The fraction of sp³-hybridized carbons (Fsp3) is 0.333. The molecule has 1 nitrogen and oxygen atoms in total. The Morgan fingerprint density at radius 2 is 2.00 bits per heavy atom. The van der Waals surface area contributed by atoms with Crippen molar-refractivity contribution in [2.24, 2.45) is 0 Å². The average Bonchev–Trinajstić information content (AvgIpc) is 2.07. The van der Waals surface area contributed by atoms with E-state index < -0.39 is 11.7 Å². The molecule has 0 aliphatic rings. The predicted octanol–water partition coefficient (Wildman–Crippen LogP) is 3.90. The molecule has 0 bridgehead atoms. The van der Waals surface area contributed by atoms with Crippen LogP contribution in [0.2, 0.25) is 0 Å². The van der Waals surface area contributed by atoms with Crippen LogP contribution in [0.5, 0.6) is 0 Å². The molecule has 0 atom stereocenters. The van der Waals surface area contributed by atoms with E-state index in [1.54, 1.807) is 0 Å². The summed E-state index contributed by atoms with van der Waals surface area (Å²) in [5, 5.41) is 2.84. The van der Waals surface area contributed by atoms with Crippen molar-refractivity contribution in [2.45, 2.75) is 13.1 Å². The normalized spacial score (nSPS) is 11.5. The molecule has 5 heteroatoms. The molecule has 14 heavy (non-hydrogen) atoms. The van der Waals surface area contributed by atoms with Crippen LogP contribution in [-0.4, -0.2) is 6.54 Å². The molecule has 0 radical (unpaired) electrons. The van der Waals surface area contributed by atoms with Crippen LogP contribution in [0.3, 0.4) is 0 Å². The van der Waals surface area contributed by atoms with E-state index in [0.717, 1.165) is 12.1 Å². The number of nitrogens with one attached hydrogen (secondary N) is 1. The molecule has 1 aromatic rings. The molecule has 0 saturated heterocycles. The molecule has 0 unspecified atom stereocenters. The van der Waals surface area contributed by atoms with Gasteiger partial charge in [0.2, 0.25) is 0 Å². The first-order chi connectivity index (χ1) is 6.45. The quantitative estimate of drug-likeness (QED) is 0.857. The van der Waals surface area contributed by atoms with Gasteiger partial charge in [-0.25, -0.2) is 0 Å². The average molecular weight is 268 g/mol. The van der Waals surface area contributed by atoms with Crippen molar-refractivity contribution in [2.75, 3.05) is 11.9 Å². The summed E-state index contributed by atoms with van der Waals surface area (Å²) in [5.41, 5.74) is -0.182. The molecular weight excluding hydrogens is 259 g/mol. The first-order valence-electron chi connectivity index (χ1n) is 4.05. The van der Waals surface area contributed by atoms with Crippen molar-refractivity contribution in [3.8, 4) is 0 Å². The summed E-state index contributed by atoms with van der Waals surface area (Å²) >= 11 is 3.17. The minimum atomic E-state index is -4.29. The van der Waals surface area contributed by atoms with Gasteiger partial charge in [0.05, 0.1) is 5.56 Å². The lowest BCUT2D eigenvalue weighted by molar-refractivity contribution is -0.137. The Hall–Kier alpha value is -0.710. The second-order valence-electron chi connectivity index (χ2n) is 2.72. The van der Waals surface area contributed by atoms with Gasteiger partial charge >= 0.3 is 6.18 Å². The highest BCUT2D eigenvalue weighted by Crippen LogP contribution is 2.33. The van der Waals surface area contributed by atoms with Crippen LogP contribution >= 0.6 is 15.9 Å². The molecule has 1 rings (SSSR count). The molecule has 0 aliphatic heterocycles. The van der Waals surface area contributed by atoms with E-state index in [1.165, 1.54) is 6.07 Å². The van der Waals surface area contributed by atoms with Crippen LogP contribution in [0.15, 0.2) is 22.7 Å². The van der Waals surface area contributed by atoms with E-state index in [9.17, 15) is 13.2 Å². The number of halogens is 4. The van der Waals surface area contributed by atoms with Crippen LogP contribution in [0, 0.1) is 0 Å². The summed E-state index contributed by atoms with van der Waals surface area (Å²) in [4.78, 5) is 0. The number of alkyl halides is 3. The highest BCUT2D eigenvalue weighted by atomic mass is 79.9. The molecule has 0 spiro atoms. The Balaban J connectivity index is 3.06. The number of benzene rings is 1. The lowest BCUT2D eigenvalue weighted by Gasteiger charge is -2.11. The fourth-order valence-corrected chi connectivity index (χ4v) is 1.41. The smallest absolute Gasteiger partial charge is 0.384 e. The van der Waals surface area contributed by atoms with Crippen molar-refractivity contribution in [1.29, 1.82) is 0 Å². The molecule has 0 heterocycles. The highest BCUT2D eigenvalue weighted by molar-refractivity contribution is 9.10. The molecule has 0 aromatic heterocycles. The topological polar surface area (TPSA) is 12.0 Å². The van der Waals surface area contributed by atoms with Crippen LogP contribution < -0.4 is 5.32 Å². The largest absolute Gasteiger partial charge is 0.416 e. The Morgan fingerprint density at radius 1 is 1.36 bits per heavy atom. The van der Waals surface area contributed by atoms with Gasteiger partial charge in [-0.05, 0) is 41.1 Å². The SMILES string of the molecule is CCNc1cc(C(F)(F)F)ccc1Br. The van der Waals surface area contributed by atoms with E-state index in [2.05, 4.69) is 21.2 Å². The van der Waals surface area contributed by atoms with Gasteiger partial charge in [0.15, 0.2) is 0 Å². The molecule has 78 valence electrons. The molecule has 0 fully saturated rings. The third kappa shape index (κ3) is 2.64. The van der Waals surface area contributed by atoms with E-state index in [1.807, 2.05) is 6.92 Å². The van der Waals surface area contributed by atoms with Crippen molar-refractivity contribution in [1.82, 2.24) is 0 Å². The Kier molecular flexibility index (Phi) is 3.42. The van der Waals surface area contributed by atoms with Gasteiger partial charge in [0.1, 0.15) is 0 Å². The van der Waals surface area contributed by atoms with Crippen LogP contribution in [0.1, 0.15) is 12.5 Å². The molecule has 0 saturated carbocycles. The second-order valence-corrected chi connectivity index (χ2v) is 3.58. The Morgan fingerprint density at radius 3 is 2.50 bits per heavy atom. The van der Waals surface area contributed by atoms with Crippen LogP contribution in [0.4, 0.5) is 18.9 Å². The molecular formula is C9H9BrF3N. The zero-order valence-electron chi connectivity index (χ0n) is 7.45. The minimum absolute atomic E-state index is 0.460. The van der Waals surface area contributed by atoms with Gasteiger partial charge in [-0.15, -0.1) is 0 Å². The second kappa shape index (κ2) is 4.21. The van der Waals surface area contributed by atoms with Crippen molar-refractivity contribution >= 4 is 21.6 Å². The summed E-state index contributed by atoms with van der Waals surface area (Å²) in [6.07, 6.45) is -4.29. The number of rotatable bonds is 2. The van der Waals surface area contributed by atoms with Gasteiger partial charge in [-0.2, -0.15) is 13.2 Å². The summed E-state index contributed by atoms with van der Waals surface area (Å²) < 4.78 is 37.5. The van der Waals surface area contributed by atoms with E-state index >= 15 is 0 Å². The third-order valence-corrected chi connectivity index (χ3v) is 2.35. The number of anilines is 1. The maximum absolute atomic E-state index is 12.3. The summed E-state index contributed by atoms with van der Waals surface area (Å²) in [5.74, 6) is 0. The van der Waals surface area contributed by atoms with Crippen molar-refractivity contribution in [3.05, 3.63) is 28.2 Å². The molecule has 0 amide bonds. The molecule has 1 aromatic carbocycles. The van der Waals surface area contributed by atoms with Gasteiger partial charge in [-0.3, -0.25) is 0 Å². The standard InChI is InChI=1S/C9H9BrF3N/c1-2-14-8-5-6(9(11,12)13)3-4-7(8)10/h3-5,14H,2H2,1H3. The lowest BCUT2D eigenvalue weighted by Crippen LogP contribution is -2.06. The zero-order valence-corrected chi connectivity index (χ0v) is 9.04. The van der Waals surface area contributed by atoms with Crippen molar-refractivity contribution in [3.63, 3.8) is 0 Å².